The lowest BCUT2D eigenvalue weighted by Gasteiger charge is -2.12. The second-order valence-electron chi connectivity index (χ2n) is 8.73. The van der Waals surface area contributed by atoms with Crippen LogP contribution >= 0.6 is 11.8 Å². The van der Waals surface area contributed by atoms with Gasteiger partial charge in [-0.05, 0) is 72.2 Å². The minimum Gasteiger partial charge on any atom is -0.494 e. The summed E-state index contributed by atoms with van der Waals surface area (Å²) in [5.41, 5.74) is 5.76. The van der Waals surface area contributed by atoms with E-state index >= 15 is 0 Å². The lowest BCUT2D eigenvalue weighted by Crippen LogP contribution is -2.08. The summed E-state index contributed by atoms with van der Waals surface area (Å²) in [7, 11) is 0. The number of hydrogen-bond donors (Lipinski definition) is 0. The Morgan fingerprint density at radius 2 is 1.34 bits per heavy atom. The predicted octanol–water partition coefficient (Wildman–Crippen LogP) is 7.88. The quantitative estimate of drug-likeness (QED) is 0.0453. The highest BCUT2D eigenvalue weighted by molar-refractivity contribution is 7.98. The molecule has 3 aromatic carbocycles. The summed E-state index contributed by atoms with van der Waals surface area (Å²) in [6.45, 7) is 15.3. The molecule has 0 aromatic heterocycles. The van der Waals surface area contributed by atoms with Crippen molar-refractivity contribution in [1.29, 1.82) is 0 Å². The van der Waals surface area contributed by atoms with E-state index in [-0.39, 0.29) is 12.6 Å². The molecule has 0 fully saturated rings. The molecule has 3 rings (SSSR count). The fourth-order valence-electron chi connectivity index (χ4n) is 3.43. The molecule has 196 valence electrons. The molecule has 38 heavy (non-hydrogen) atoms. The van der Waals surface area contributed by atoms with Gasteiger partial charge in [0.25, 0.3) is 0 Å². The topological polar surface area (TPSA) is 61.8 Å². The largest absolute Gasteiger partial charge is 0.494 e. The summed E-state index contributed by atoms with van der Waals surface area (Å²) < 4.78 is 16.1. The Bertz CT molecular complexity index is 1340. The first-order chi connectivity index (χ1) is 18.2. The van der Waals surface area contributed by atoms with Crippen molar-refractivity contribution in [2.75, 3.05) is 19.5 Å². The van der Waals surface area contributed by atoms with Crippen molar-refractivity contribution in [2.24, 2.45) is 0 Å². The molecule has 0 spiro atoms. The third-order valence-electron chi connectivity index (χ3n) is 5.65. The Labute approximate surface area is 228 Å². The highest BCUT2D eigenvalue weighted by Gasteiger charge is 2.13. The molecular weight excluding hydrogens is 496 g/mol. The summed E-state index contributed by atoms with van der Waals surface area (Å²) in [6, 6.07) is 21.1. The molecular formula is C32H32O5S. The van der Waals surface area contributed by atoms with Crippen LogP contribution in [0.25, 0.3) is 22.3 Å². The van der Waals surface area contributed by atoms with Crippen molar-refractivity contribution >= 4 is 23.7 Å². The van der Waals surface area contributed by atoms with Gasteiger partial charge < -0.3 is 14.2 Å². The number of benzene rings is 3. The van der Waals surface area contributed by atoms with Gasteiger partial charge in [-0.1, -0.05) is 62.2 Å². The standard InChI is InChI=1S/C32H32O5S/c1-21(2)23(5)35-18-7-19-36-32(34)27-14-17-29(30(20-27)38-6)26-10-8-24(9-11-26)25-12-15-28(16-13-25)37-31(33)22(3)4/h8-17,20H,1,3,5,7,18-19H2,2,4,6H3. The summed E-state index contributed by atoms with van der Waals surface area (Å²) >= 11 is 1.58. The second kappa shape index (κ2) is 13.5. The van der Waals surface area contributed by atoms with Crippen molar-refractivity contribution in [3.05, 3.63) is 109 Å². The average molecular weight is 529 g/mol. The summed E-state index contributed by atoms with van der Waals surface area (Å²) in [5, 5.41) is 0. The number of carbonyl (C=O) groups is 2. The maximum Gasteiger partial charge on any atom is 0.338 e. The molecule has 0 unspecified atom stereocenters. The zero-order valence-electron chi connectivity index (χ0n) is 22.0. The molecule has 0 atom stereocenters. The molecule has 6 heteroatoms. The molecule has 0 saturated carbocycles. The monoisotopic (exact) mass is 528 g/mol. The minimum absolute atomic E-state index is 0.261. The highest BCUT2D eigenvalue weighted by Crippen LogP contribution is 2.33. The lowest BCUT2D eigenvalue weighted by atomic mass is 9.99. The molecule has 0 amide bonds. The van der Waals surface area contributed by atoms with Gasteiger partial charge in [-0.25, -0.2) is 9.59 Å². The number of carbonyl (C=O) groups excluding carboxylic acids is 2. The number of hydrogen-bond acceptors (Lipinski definition) is 6. The minimum atomic E-state index is -0.443. The van der Waals surface area contributed by atoms with E-state index in [0.29, 0.717) is 35.7 Å². The number of allylic oxidation sites excluding steroid dienone is 1. The van der Waals surface area contributed by atoms with Gasteiger partial charge >= 0.3 is 11.9 Å². The van der Waals surface area contributed by atoms with Crippen LogP contribution in [0.15, 0.2) is 108 Å². The van der Waals surface area contributed by atoms with E-state index in [1.165, 1.54) is 0 Å². The van der Waals surface area contributed by atoms with E-state index in [9.17, 15) is 9.59 Å². The maximum absolute atomic E-state index is 12.5. The van der Waals surface area contributed by atoms with Crippen LogP contribution in [0.1, 0.15) is 30.6 Å². The normalized spacial score (nSPS) is 10.4. The zero-order valence-corrected chi connectivity index (χ0v) is 22.9. The van der Waals surface area contributed by atoms with Gasteiger partial charge in [0.05, 0.1) is 18.8 Å². The Morgan fingerprint density at radius 3 is 1.92 bits per heavy atom. The Morgan fingerprint density at radius 1 is 0.763 bits per heavy atom. The van der Waals surface area contributed by atoms with Crippen molar-refractivity contribution in [3.63, 3.8) is 0 Å². The molecule has 0 aliphatic rings. The molecule has 0 radical (unpaired) electrons. The molecule has 0 heterocycles. The first-order valence-corrected chi connectivity index (χ1v) is 13.3. The molecule has 0 N–H and O–H groups in total. The van der Waals surface area contributed by atoms with E-state index in [0.717, 1.165) is 32.7 Å². The third-order valence-corrected chi connectivity index (χ3v) is 6.43. The van der Waals surface area contributed by atoms with Gasteiger partial charge in [-0.3, -0.25) is 0 Å². The van der Waals surface area contributed by atoms with Gasteiger partial charge in [0.15, 0.2) is 0 Å². The van der Waals surface area contributed by atoms with Crippen molar-refractivity contribution < 1.29 is 23.8 Å². The fourth-order valence-corrected chi connectivity index (χ4v) is 4.08. The van der Waals surface area contributed by atoms with Gasteiger partial charge in [-0.2, -0.15) is 0 Å². The van der Waals surface area contributed by atoms with E-state index in [1.807, 2.05) is 49.6 Å². The zero-order chi connectivity index (χ0) is 27.7. The Hall–Kier alpha value is -4.03. The third kappa shape index (κ3) is 7.73. The summed E-state index contributed by atoms with van der Waals surface area (Å²) in [6.07, 6.45) is 2.55. The van der Waals surface area contributed by atoms with Crippen molar-refractivity contribution in [2.45, 2.75) is 25.2 Å². The lowest BCUT2D eigenvalue weighted by molar-refractivity contribution is -0.130. The van der Waals surface area contributed by atoms with Crippen LogP contribution in [0.5, 0.6) is 5.75 Å². The smallest absolute Gasteiger partial charge is 0.338 e. The fraction of sp³-hybridized carbons (Fsp3) is 0.188. The van der Waals surface area contributed by atoms with Crippen LogP contribution in [-0.2, 0) is 14.3 Å². The number of ether oxygens (including phenoxy) is 3. The van der Waals surface area contributed by atoms with E-state index in [2.05, 4.69) is 31.9 Å². The van der Waals surface area contributed by atoms with Crippen LogP contribution in [0, 0.1) is 0 Å². The Balaban J connectivity index is 1.64. The SMILES string of the molecule is C=C(C)C(=C)OCCCOC(=O)c1ccc(-c2ccc(-c3ccc(OC(=O)C(=C)C)cc3)cc2)c(SC)c1. The van der Waals surface area contributed by atoms with Crippen LogP contribution < -0.4 is 4.74 Å². The second-order valence-corrected chi connectivity index (χ2v) is 9.58. The molecule has 5 nitrogen and oxygen atoms in total. The molecule has 0 bridgehead atoms. The van der Waals surface area contributed by atoms with Crippen LogP contribution in [0.3, 0.4) is 0 Å². The van der Waals surface area contributed by atoms with E-state index < -0.39 is 5.97 Å². The van der Waals surface area contributed by atoms with Gasteiger partial charge in [0.1, 0.15) is 11.5 Å². The molecule has 0 aliphatic carbocycles. The van der Waals surface area contributed by atoms with Crippen LogP contribution in [0.4, 0.5) is 0 Å². The van der Waals surface area contributed by atoms with Gasteiger partial charge in [0.2, 0.25) is 0 Å². The average Bonchev–Trinajstić information content (AvgIpc) is 2.92. The van der Waals surface area contributed by atoms with Crippen LogP contribution in [-0.4, -0.2) is 31.4 Å². The molecule has 0 saturated heterocycles. The predicted molar refractivity (Wildman–Crippen MR) is 154 cm³/mol. The van der Waals surface area contributed by atoms with E-state index in [4.69, 9.17) is 14.2 Å². The maximum atomic E-state index is 12.5. The van der Waals surface area contributed by atoms with E-state index in [1.54, 1.807) is 36.9 Å². The van der Waals surface area contributed by atoms with Gasteiger partial charge in [0, 0.05) is 16.9 Å². The molecule has 0 aliphatic heterocycles. The van der Waals surface area contributed by atoms with Gasteiger partial charge in [-0.15, -0.1) is 11.8 Å². The van der Waals surface area contributed by atoms with Crippen LogP contribution in [0.2, 0.25) is 0 Å². The van der Waals surface area contributed by atoms with Crippen molar-refractivity contribution in [1.82, 2.24) is 0 Å². The highest BCUT2D eigenvalue weighted by atomic mass is 32.2. The molecule has 3 aromatic rings. The number of thioether (sulfide) groups is 1. The number of esters is 2. The summed E-state index contributed by atoms with van der Waals surface area (Å²) in [4.78, 5) is 25.2. The number of rotatable bonds is 12. The summed E-state index contributed by atoms with van der Waals surface area (Å²) in [5.74, 6) is 0.215. The first-order valence-electron chi connectivity index (χ1n) is 12.1. The van der Waals surface area contributed by atoms with Crippen molar-refractivity contribution in [3.8, 4) is 28.0 Å². The Kier molecular flexibility index (Phi) is 10.1. The first kappa shape index (κ1) is 28.5.